The number of nitrogens with zero attached hydrogens (tertiary/aromatic N) is 2. The zero-order valence-electron chi connectivity index (χ0n) is 14.0. The van der Waals surface area contributed by atoms with Crippen molar-refractivity contribution in [1.82, 2.24) is 14.9 Å². The van der Waals surface area contributed by atoms with E-state index in [1.165, 1.54) is 0 Å². The summed E-state index contributed by atoms with van der Waals surface area (Å²) < 4.78 is 7.36. The molecule has 0 aliphatic carbocycles. The molecule has 124 valence electrons. The van der Waals surface area contributed by atoms with Crippen LogP contribution in [0.5, 0.6) is 5.75 Å². The Labute approximate surface area is 141 Å². The van der Waals surface area contributed by atoms with Crippen molar-refractivity contribution in [3.63, 3.8) is 0 Å². The summed E-state index contributed by atoms with van der Waals surface area (Å²) in [6.07, 6.45) is 4.08. The second kappa shape index (κ2) is 7.17. The minimum atomic E-state index is 0.000220. The van der Waals surface area contributed by atoms with Crippen LogP contribution in [0.1, 0.15) is 18.1 Å². The molecule has 2 heterocycles. The molecule has 1 N–H and O–H groups in total. The summed E-state index contributed by atoms with van der Waals surface area (Å²) in [6, 6.07) is 11.7. The van der Waals surface area contributed by atoms with Crippen LogP contribution in [-0.4, -0.2) is 22.1 Å². The molecule has 0 aliphatic rings. The van der Waals surface area contributed by atoms with Gasteiger partial charge in [-0.05, 0) is 42.3 Å². The lowest BCUT2D eigenvalue weighted by atomic mass is 10.1. The molecular formula is C19H21N3O2. The molecule has 5 nitrogen and oxygen atoms in total. The number of pyridine rings is 1. The maximum absolute atomic E-state index is 12.2. The Morgan fingerprint density at radius 3 is 2.79 bits per heavy atom. The highest BCUT2D eigenvalue weighted by atomic mass is 16.5. The van der Waals surface area contributed by atoms with Crippen LogP contribution in [0.4, 0.5) is 0 Å². The molecule has 1 aromatic carbocycles. The molecule has 0 fully saturated rings. The average Bonchev–Trinajstić information content (AvgIpc) is 2.91. The van der Waals surface area contributed by atoms with Gasteiger partial charge in [-0.3, -0.25) is 4.79 Å². The van der Waals surface area contributed by atoms with E-state index in [2.05, 4.69) is 10.3 Å². The lowest BCUT2D eigenvalue weighted by Gasteiger charge is -2.07. The Balaban J connectivity index is 1.61. The van der Waals surface area contributed by atoms with Gasteiger partial charge in [-0.1, -0.05) is 12.1 Å². The number of hydrogen-bond acceptors (Lipinski definition) is 3. The zero-order chi connectivity index (χ0) is 16.9. The number of carbonyl (C=O) groups is 1. The van der Waals surface area contributed by atoms with Crippen molar-refractivity contribution in [3.8, 4) is 5.75 Å². The number of fused-ring (bicyclic) bond motifs is 1. The van der Waals surface area contributed by atoms with Gasteiger partial charge in [-0.25, -0.2) is 4.98 Å². The number of nitrogens with one attached hydrogen (secondary N) is 1. The minimum Gasteiger partial charge on any atom is -0.494 e. The summed E-state index contributed by atoms with van der Waals surface area (Å²) in [5, 5.41) is 3.99. The molecule has 0 atom stereocenters. The van der Waals surface area contributed by atoms with Crippen LogP contribution in [0, 0.1) is 0 Å². The molecular weight excluding hydrogens is 302 g/mol. The Kier molecular flexibility index (Phi) is 4.79. The number of benzene rings is 1. The number of amides is 1. The molecule has 3 rings (SSSR count). The summed E-state index contributed by atoms with van der Waals surface area (Å²) in [6.45, 7) is 3.11. The summed E-state index contributed by atoms with van der Waals surface area (Å²) in [5.74, 6) is 0.844. The number of rotatable bonds is 6. The van der Waals surface area contributed by atoms with Crippen LogP contribution in [0.2, 0.25) is 0 Å². The van der Waals surface area contributed by atoms with Gasteiger partial charge in [0.05, 0.1) is 13.0 Å². The van der Waals surface area contributed by atoms with Crippen molar-refractivity contribution in [2.75, 3.05) is 6.61 Å². The Bertz CT molecular complexity index is 837. The van der Waals surface area contributed by atoms with Crippen LogP contribution < -0.4 is 10.1 Å². The molecule has 0 saturated heterocycles. The van der Waals surface area contributed by atoms with Crippen LogP contribution in [-0.2, 0) is 24.8 Å². The molecule has 1 amide bonds. The number of carbonyl (C=O) groups excluding carboxylic acids is 1. The predicted molar refractivity (Wildman–Crippen MR) is 93.9 cm³/mol. The van der Waals surface area contributed by atoms with Crippen molar-refractivity contribution < 1.29 is 9.53 Å². The fourth-order valence-corrected chi connectivity index (χ4v) is 2.74. The zero-order valence-corrected chi connectivity index (χ0v) is 14.0. The van der Waals surface area contributed by atoms with E-state index < -0.39 is 0 Å². The third-order valence-corrected chi connectivity index (χ3v) is 3.89. The van der Waals surface area contributed by atoms with E-state index in [0.717, 1.165) is 27.9 Å². The maximum atomic E-state index is 12.2. The summed E-state index contributed by atoms with van der Waals surface area (Å²) >= 11 is 0. The first-order valence-electron chi connectivity index (χ1n) is 8.04. The van der Waals surface area contributed by atoms with E-state index in [1.54, 1.807) is 6.20 Å². The average molecular weight is 323 g/mol. The van der Waals surface area contributed by atoms with Crippen LogP contribution >= 0.6 is 0 Å². The topological polar surface area (TPSA) is 56.1 Å². The van der Waals surface area contributed by atoms with E-state index in [-0.39, 0.29) is 5.91 Å². The van der Waals surface area contributed by atoms with Crippen LogP contribution in [0.25, 0.3) is 11.0 Å². The van der Waals surface area contributed by atoms with Gasteiger partial charge >= 0.3 is 0 Å². The molecule has 5 heteroatoms. The normalized spacial score (nSPS) is 10.8. The summed E-state index contributed by atoms with van der Waals surface area (Å²) in [7, 11) is 1.94. The highest BCUT2D eigenvalue weighted by molar-refractivity contribution is 5.87. The van der Waals surface area contributed by atoms with Crippen molar-refractivity contribution in [2.45, 2.75) is 19.9 Å². The highest BCUT2D eigenvalue weighted by Gasteiger charge is 2.11. The largest absolute Gasteiger partial charge is 0.494 e. The highest BCUT2D eigenvalue weighted by Crippen LogP contribution is 2.18. The second-order valence-electron chi connectivity index (χ2n) is 5.67. The molecule has 24 heavy (non-hydrogen) atoms. The first-order valence-corrected chi connectivity index (χ1v) is 8.04. The van der Waals surface area contributed by atoms with E-state index in [0.29, 0.717) is 19.6 Å². The third-order valence-electron chi connectivity index (χ3n) is 3.89. The smallest absolute Gasteiger partial charge is 0.224 e. The van der Waals surface area contributed by atoms with E-state index in [1.807, 2.05) is 61.1 Å². The SMILES string of the molecule is CCOc1ccc(CNC(=O)Cc2cn(C)c3ncccc23)cc1. The van der Waals surface area contributed by atoms with Gasteiger partial charge in [0.15, 0.2) is 0 Å². The second-order valence-corrected chi connectivity index (χ2v) is 5.67. The molecule has 0 aliphatic heterocycles. The monoisotopic (exact) mass is 323 g/mol. The van der Waals surface area contributed by atoms with Crippen molar-refractivity contribution in [3.05, 3.63) is 59.9 Å². The number of hydrogen-bond donors (Lipinski definition) is 1. The molecule has 0 spiro atoms. The summed E-state index contributed by atoms with van der Waals surface area (Å²) in [4.78, 5) is 16.6. The minimum absolute atomic E-state index is 0.000220. The standard InChI is InChI=1S/C19H21N3O2/c1-3-24-16-8-6-14(7-9-16)12-21-18(23)11-15-13-22(2)19-17(15)5-4-10-20-19/h4-10,13H,3,11-12H2,1-2H3,(H,21,23). The predicted octanol–water partition coefficient (Wildman–Crippen LogP) is 2.83. The van der Waals surface area contributed by atoms with Gasteiger partial charge in [0.1, 0.15) is 11.4 Å². The first kappa shape index (κ1) is 16.1. The van der Waals surface area contributed by atoms with Crippen LogP contribution in [0.15, 0.2) is 48.8 Å². The van der Waals surface area contributed by atoms with E-state index in [9.17, 15) is 4.79 Å². The van der Waals surface area contributed by atoms with Crippen molar-refractivity contribution >= 4 is 16.9 Å². The van der Waals surface area contributed by atoms with Crippen LogP contribution in [0.3, 0.4) is 0 Å². The fourth-order valence-electron chi connectivity index (χ4n) is 2.74. The molecule has 2 aromatic heterocycles. The first-order chi connectivity index (χ1) is 11.7. The Morgan fingerprint density at radius 2 is 2.04 bits per heavy atom. The maximum Gasteiger partial charge on any atom is 0.224 e. The summed E-state index contributed by atoms with van der Waals surface area (Å²) in [5.41, 5.74) is 2.93. The lowest BCUT2D eigenvalue weighted by molar-refractivity contribution is -0.120. The van der Waals surface area contributed by atoms with Gasteiger partial charge in [0, 0.05) is 31.4 Å². The molecule has 0 radical (unpaired) electrons. The lowest BCUT2D eigenvalue weighted by Crippen LogP contribution is -2.24. The Morgan fingerprint density at radius 1 is 1.25 bits per heavy atom. The Hall–Kier alpha value is -2.82. The molecule has 0 saturated carbocycles. The van der Waals surface area contributed by atoms with Gasteiger partial charge < -0.3 is 14.6 Å². The van der Waals surface area contributed by atoms with Crippen molar-refractivity contribution in [1.29, 1.82) is 0 Å². The third kappa shape index (κ3) is 3.56. The van der Waals surface area contributed by atoms with Crippen molar-refractivity contribution in [2.24, 2.45) is 7.05 Å². The number of aryl methyl sites for hydroxylation is 1. The molecule has 0 unspecified atom stereocenters. The van der Waals surface area contributed by atoms with Gasteiger partial charge in [0.2, 0.25) is 5.91 Å². The van der Waals surface area contributed by atoms with Gasteiger partial charge in [-0.2, -0.15) is 0 Å². The fraction of sp³-hybridized carbons (Fsp3) is 0.263. The number of ether oxygens (including phenoxy) is 1. The van der Waals surface area contributed by atoms with Gasteiger partial charge in [-0.15, -0.1) is 0 Å². The van der Waals surface area contributed by atoms with E-state index >= 15 is 0 Å². The van der Waals surface area contributed by atoms with E-state index in [4.69, 9.17) is 4.74 Å². The van der Waals surface area contributed by atoms with Gasteiger partial charge in [0.25, 0.3) is 0 Å². The quantitative estimate of drug-likeness (QED) is 0.759. The molecule has 0 bridgehead atoms. The number of aromatic nitrogens is 2. The molecule has 3 aromatic rings.